The molecule has 0 aromatic heterocycles. The van der Waals surface area contributed by atoms with Crippen LogP contribution in [-0.2, 0) is 25.0 Å². The first-order valence-corrected chi connectivity index (χ1v) is 8.88. The van der Waals surface area contributed by atoms with E-state index in [0.717, 1.165) is 0 Å². The van der Waals surface area contributed by atoms with Crippen molar-refractivity contribution in [2.24, 2.45) is 5.73 Å². The molecule has 0 spiro atoms. The first-order chi connectivity index (χ1) is 9.15. The second-order valence-electron chi connectivity index (χ2n) is 5.29. The Hall–Kier alpha value is -0.950. The fourth-order valence-electron chi connectivity index (χ4n) is 1.42. The number of amides is 1. The molecule has 0 saturated heterocycles. The third kappa shape index (κ3) is 8.83. The van der Waals surface area contributed by atoms with Gasteiger partial charge >= 0.3 is 6.09 Å². The van der Waals surface area contributed by atoms with Crippen molar-refractivity contribution >= 4 is 26.3 Å². The maximum absolute atomic E-state index is 11.6. The van der Waals surface area contributed by atoms with Crippen molar-refractivity contribution in [1.82, 2.24) is 5.32 Å². The lowest BCUT2D eigenvalue weighted by molar-refractivity contribution is 0.0508. The molecule has 0 rings (SSSR count). The first-order valence-electron chi connectivity index (χ1n) is 5.77. The zero-order valence-electron chi connectivity index (χ0n) is 11.8. The van der Waals surface area contributed by atoms with Crippen molar-refractivity contribution in [2.45, 2.75) is 37.7 Å². The van der Waals surface area contributed by atoms with E-state index in [4.69, 9.17) is 19.6 Å². The summed E-state index contributed by atoms with van der Waals surface area (Å²) in [5.41, 5.74) is 4.26. The van der Waals surface area contributed by atoms with Crippen LogP contribution in [0.3, 0.4) is 0 Å². The van der Waals surface area contributed by atoms with Gasteiger partial charge in [0.25, 0.3) is 20.2 Å². The molecule has 126 valence electrons. The molecular weight excluding hydrogens is 328 g/mol. The summed E-state index contributed by atoms with van der Waals surface area (Å²) in [5, 5.41) is 0.155. The van der Waals surface area contributed by atoms with Crippen LogP contribution >= 0.6 is 0 Å². The van der Waals surface area contributed by atoms with Crippen LogP contribution in [0.5, 0.6) is 0 Å². The molecule has 0 radical (unpaired) electrons. The number of nitrogens with two attached hydrogens (primary N) is 1. The largest absolute Gasteiger partial charge is 0.444 e. The predicted molar refractivity (Wildman–Crippen MR) is 74.0 cm³/mol. The third-order valence-corrected chi connectivity index (χ3v) is 4.22. The number of nitrogens with one attached hydrogen (secondary N) is 1. The van der Waals surface area contributed by atoms with Crippen LogP contribution in [-0.4, -0.2) is 61.2 Å². The van der Waals surface area contributed by atoms with Gasteiger partial charge in [0.15, 0.2) is 0 Å². The van der Waals surface area contributed by atoms with Crippen LogP contribution in [0.2, 0.25) is 0 Å². The summed E-state index contributed by atoms with van der Waals surface area (Å²) in [6.45, 7) is 3.93. The van der Waals surface area contributed by atoms with Crippen LogP contribution in [0, 0.1) is 0 Å². The highest BCUT2D eigenvalue weighted by Crippen LogP contribution is 2.10. The Morgan fingerprint density at radius 3 is 2.00 bits per heavy atom. The minimum Gasteiger partial charge on any atom is -0.444 e. The summed E-state index contributed by atoms with van der Waals surface area (Å²) in [5.74, 6) is -1.14. The van der Waals surface area contributed by atoms with Crippen molar-refractivity contribution < 1.29 is 35.5 Å². The van der Waals surface area contributed by atoms with E-state index in [0.29, 0.717) is 0 Å². The number of carbonyl (C=O) groups excluding carboxylic acids is 1. The van der Waals surface area contributed by atoms with Gasteiger partial charge in [0, 0.05) is 6.54 Å². The lowest BCUT2D eigenvalue weighted by Gasteiger charge is -2.26. The highest BCUT2D eigenvalue weighted by atomic mass is 32.2. The molecule has 0 heterocycles. The topological polar surface area (TPSA) is 173 Å². The standard InChI is InChI=1S/C9H20N2O8S2/c1-9(2,3)19-8(12)11-6(5-20(13,14)15)7(4-10)21(16,17)18/h6-7H,4-5,10H2,1-3H3,(H,11,12)(H,13,14,15)(H,16,17,18). The summed E-state index contributed by atoms with van der Waals surface area (Å²) < 4.78 is 66.8. The SMILES string of the molecule is CC(C)(C)OC(=O)NC(CS(=O)(=O)O)C(CN)S(=O)(=O)O. The fraction of sp³-hybridized carbons (Fsp3) is 0.889. The molecule has 0 fully saturated rings. The van der Waals surface area contributed by atoms with E-state index < -0.39 is 55.5 Å². The maximum Gasteiger partial charge on any atom is 0.407 e. The van der Waals surface area contributed by atoms with E-state index in [2.05, 4.69) is 0 Å². The van der Waals surface area contributed by atoms with Gasteiger partial charge < -0.3 is 15.8 Å². The molecule has 10 nitrogen and oxygen atoms in total. The lowest BCUT2D eigenvalue weighted by Crippen LogP contribution is -2.54. The van der Waals surface area contributed by atoms with Gasteiger partial charge in [-0.2, -0.15) is 16.8 Å². The zero-order valence-corrected chi connectivity index (χ0v) is 13.4. The molecule has 0 aromatic rings. The highest BCUT2D eigenvalue weighted by Gasteiger charge is 2.36. The summed E-state index contributed by atoms with van der Waals surface area (Å²) in [7, 11) is -9.38. The molecule has 0 saturated carbocycles. The summed E-state index contributed by atoms with van der Waals surface area (Å²) in [4.78, 5) is 11.6. The minimum atomic E-state index is -4.75. The molecule has 1 amide bonds. The fourth-order valence-corrected chi connectivity index (χ4v) is 3.14. The van der Waals surface area contributed by atoms with Crippen LogP contribution in [0.1, 0.15) is 20.8 Å². The van der Waals surface area contributed by atoms with Gasteiger partial charge in [-0.25, -0.2) is 4.79 Å². The number of carbonyl (C=O) groups is 1. The van der Waals surface area contributed by atoms with Gasteiger partial charge in [-0.1, -0.05) is 0 Å². The van der Waals surface area contributed by atoms with Crippen LogP contribution < -0.4 is 11.1 Å². The van der Waals surface area contributed by atoms with Gasteiger partial charge in [0.05, 0.1) is 11.8 Å². The molecule has 0 bridgehead atoms. The average Bonchev–Trinajstić information content (AvgIpc) is 2.08. The molecule has 0 aliphatic heterocycles. The highest BCUT2D eigenvalue weighted by molar-refractivity contribution is 7.87. The predicted octanol–water partition coefficient (Wildman–Crippen LogP) is -1.02. The molecule has 21 heavy (non-hydrogen) atoms. The average molecular weight is 348 g/mol. The van der Waals surface area contributed by atoms with Gasteiger partial charge in [0.1, 0.15) is 10.9 Å². The van der Waals surface area contributed by atoms with Gasteiger partial charge in [-0.05, 0) is 20.8 Å². The minimum absolute atomic E-state index is 0.672. The van der Waals surface area contributed by atoms with E-state index in [-0.39, 0.29) is 0 Å². The molecule has 0 aliphatic carbocycles. The number of alkyl carbamates (subject to hydrolysis) is 1. The van der Waals surface area contributed by atoms with Crippen molar-refractivity contribution in [2.75, 3.05) is 12.3 Å². The van der Waals surface area contributed by atoms with E-state index in [9.17, 15) is 21.6 Å². The number of ether oxygens (including phenoxy) is 1. The Labute approximate surface area is 123 Å². The summed E-state index contributed by atoms with van der Waals surface area (Å²) >= 11 is 0. The Bertz CT molecular complexity index is 563. The Kier molecular flexibility index (Phi) is 6.56. The van der Waals surface area contributed by atoms with Crippen molar-refractivity contribution in [3.63, 3.8) is 0 Å². The van der Waals surface area contributed by atoms with Crippen LogP contribution in [0.25, 0.3) is 0 Å². The Morgan fingerprint density at radius 1 is 1.24 bits per heavy atom. The molecule has 0 aliphatic rings. The Balaban J connectivity index is 5.30. The monoisotopic (exact) mass is 348 g/mol. The quantitative estimate of drug-likeness (QED) is 0.438. The molecule has 12 heteroatoms. The lowest BCUT2D eigenvalue weighted by atomic mass is 10.2. The van der Waals surface area contributed by atoms with Gasteiger partial charge in [-0.15, -0.1) is 0 Å². The molecule has 5 N–H and O–H groups in total. The van der Waals surface area contributed by atoms with E-state index in [1.807, 2.05) is 5.32 Å². The molecule has 2 unspecified atom stereocenters. The van der Waals surface area contributed by atoms with E-state index >= 15 is 0 Å². The Morgan fingerprint density at radius 2 is 1.71 bits per heavy atom. The summed E-state index contributed by atoms with van der Waals surface area (Å²) in [6.07, 6.45) is -1.11. The van der Waals surface area contributed by atoms with Crippen molar-refractivity contribution in [1.29, 1.82) is 0 Å². The third-order valence-electron chi connectivity index (χ3n) is 2.16. The van der Waals surface area contributed by atoms with Crippen molar-refractivity contribution in [3.05, 3.63) is 0 Å². The first kappa shape index (κ1) is 20.1. The maximum atomic E-state index is 11.6. The number of rotatable bonds is 6. The normalized spacial score (nSPS) is 16.1. The smallest absolute Gasteiger partial charge is 0.407 e. The summed E-state index contributed by atoms with van der Waals surface area (Å²) in [6, 6.07) is -1.67. The van der Waals surface area contributed by atoms with Crippen LogP contribution in [0.4, 0.5) is 4.79 Å². The van der Waals surface area contributed by atoms with Gasteiger partial charge in [-0.3, -0.25) is 9.11 Å². The molecular formula is C9H20N2O8S2. The second-order valence-corrected chi connectivity index (χ2v) is 8.42. The number of hydrogen-bond donors (Lipinski definition) is 4. The second kappa shape index (κ2) is 6.87. The van der Waals surface area contributed by atoms with E-state index in [1.165, 1.54) is 20.8 Å². The van der Waals surface area contributed by atoms with Crippen LogP contribution in [0.15, 0.2) is 0 Å². The van der Waals surface area contributed by atoms with Crippen molar-refractivity contribution in [3.8, 4) is 0 Å². The zero-order chi connectivity index (χ0) is 17.1. The molecule has 0 aromatic carbocycles. The molecule has 2 atom stereocenters. The van der Waals surface area contributed by atoms with Gasteiger partial charge in [0.2, 0.25) is 0 Å². The number of hydrogen-bond acceptors (Lipinski definition) is 7. The van der Waals surface area contributed by atoms with E-state index in [1.54, 1.807) is 0 Å².